The van der Waals surface area contributed by atoms with Gasteiger partial charge in [0.1, 0.15) is 5.76 Å². The first-order chi connectivity index (χ1) is 11.8. The molecule has 0 bridgehead atoms. The normalized spacial score (nSPS) is 17.5. The molecular formula is C17H23N5O2. The van der Waals surface area contributed by atoms with Crippen LogP contribution in [0.2, 0.25) is 0 Å². The van der Waals surface area contributed by atoms with Gasteiger partial charge in [0.25, 0.3) is 0 Å². The quantitative estimate of drug-likeness (QED) is 0.911. The summed E-state index contributed by atoms with van der Waals surface area (Å²) in [5, 5.41) is 3.13. The minimum Gasteiger partial charge on any atom is -0.467 e. The average Bonchev–Trinajstić information content (AvgIpc) is 3.14. The monoisotopic (exact) mass is 329 g/mol. The van der Waals surface area contributed by atoms with Crippen LogP contribution in [0, 0.1) is 0 Å². The highest BCUT2D eigenvalue weighted by molar-refractivity contribution is 5.74. The lowest BCUT2D eigenvalue weighted by Crippen LogP contribution is -2.51. The third-order valence-corrected chi connectivity index (χ3v) is 4.18. The van der Waals surface area contributed by atoms with Crippen LogP contribution >= 0.6 is 0 Å². The van der Waals surface area contributed by atoms with E-state index in [0.29, 0.717) is 13.1 Å². The minimum absolute atomic E-state index is 0.0604. The smallest absolute Gasteiger partial charge is 0.318 e. The second-order valence-electron chi connectivity index (χ2n) is 5.88. The van der Waals surface area contributed by atoms with Crippen molar-refractivity contribution in [2.24, 2.45) is 0 Å². The lowest BCUT2D eigenvalue weighted by atomic mass is 10.1. The van der Waals surface area contributed by atoms with E-state index in [0.717, 1.165) is 37.6 Å². The van der Waals surface area contributed by atoms with E-state index in [9.17, 15) is 4.79 Å². The van der Waals surface area contributed by atoms with Crippen LogP contribution in [0.3, 0.4) is 0 Å². The summed E-state index contributed by atoms with van der Waals surface area (Å²) < 4.78 is 5.33. The van der Waals surface area contributed by atoms with E-state index in [1.165, 1.54) is 0 Å². The Bertz CT molecular complexity index is 632. The molecular weight excluding hydrogens is 306 g/mol. The molecule has 0 radical (unpaired) electrons. The Balaban J connectivity index is 1.57. The van der Waals surface area contributed by atoms with Crippen molar-refractivity contribution >= 4 is 12.0 Å². The van der Waals surface area contributed by atoms with Crippen molar-refractivity contribution in [3.63, 3.8) is 0 Å². The fraction of sp³-hybridized carbons (Fsp3) is 0.471. The van der Waals surface area contributed by atoms with Crippen LogP contribution in [-0.4, -0.2) is 46.6 Å². The summed E-state index contributed by atoms with van der Waals surface area (Å²) in [7, 11) is 0. The number of anilines is 1. The fourth-order valence-corrected chi connectivity index (χ4v) is 2.91. The van der Waals surface area contributed by atoms with Crippen molar-refractivity contribution in [1.29, 1.82) is 0 Å². The molecule has 1 aliphatic rings. The molecule has 3 heterocycles. The zero-order valence-electron chi connectivity index (χ0n) is 13.9. The third kappa shape index (κ3) is 4.04. The zero-order valence-corrected chi connectivity index (χ0v) is 13.9. The molecule has 7 heteroatoms. The minimum atomic E-state index is -0.0604. The van der Waals surface area contributed by atoms with Crippen LogP contribution in [0.5, 0.6) is 0 Å². The molecule has 1 aliphatic heterocycles. The number of rotatable bonds is 5. The van der Waals surface area contributed by atoms with Crippen LogP contribution in [0.25, 0.3) is 0 Å². The molecule has 128 valence electrons. The van der Waals surface area contributed by atoms with E-state index in [1.807, 2.05) is 19.1 Å². The van der Waals surface area contributed by atoms with E-state index in [-0.39, 0.29) is 12.1 Å². The van der Waals surface area contributed by atoms with Gasteiger partial charge in [0, 0.05) is 38.1 Å². The Labute approximate surface area is 141 Å². The number of hydrogen-bond acceptors (Lipinski definition) is 5. The van der Waals surface area contributed by atoms with Crippen molar-refractivity contribution in [3.8, 4) is 0 Å². The van der Waals surface area contributed by atoms with Gasteiger partial charge in [-0.2, -0.15) is 0 Å². The number of amides is 2. The summed E-state index contributed by atoms with van der Waals surface area (Å²) in [5.74, 6) is 1.51. The molecule has 2 aromatic rings. The standard InChI is InChI=1S/C17H23N5O2/c1-2-21(13-15-7-4-11-24-15)17(23)20-14-6-3-10-22(12-14)16-18-8-5-9-19-16/h4-5,7-9,11,14H,2-3,6,10,12-13H2,1H3,(H,20,23)/t14-/m1/s1. The van der Waals surface area contributed by atoms with E-state index >= 15 is 0 Å². The van der Waals surface area contributed by atoms with Crippen molar-refractivity contribution in [2.45, 2.75) is 32.4 Å². The van der Waals surface area contributed by atoms with Gasteiger partial charge < -0.3 is 19.5 Å². The molecule has 2 aromatic heterocycles. The van der Waals surface area contributed by atoms with Crippen LogP contribution in [0.4, 0.5) is 10.7 Å². The number of hydrogen-bond donors (Lipinski definition) is 1. The molecule has 2 amide bonds. The average molecular weight is 329 g/mol. The van der Waals surface area contributed by atoms with Gasteiger partial charge in [-0.3, -0.25) is 0 Å². The molecule has 0 spiro atoms. The molecule has 3 rings (SSSR count). The van der Waals surface area contributed by atoms with Gasteiger partial charge in [0.05, 0.1) is 12.8 Å². The maximum Gasteiger partial charge on any atom is 0.318 e. The molecule has 0 saturated carbocycles. The van der Waals surface area contributed by atoms with Gasteiger partial charge in [-0.05, 0) is 38.0 Å². The van der Waals surface area contributed by atoms with Crippen molar-refractivity contribution in [2.75, 3.05) is 24.5 Å². The maximum atomic E-state index is 12.5. The summed E-state index contributed by atoms with van der Waals surface area (Å²) >= 11 is 0. The number of urea groups is 1. The number of furan rings is 1. The summed E-state index contributed by atoms with van der Waals surface area (Å²) in [6.45, 7) is 4.72. The molecule has 1 N–H and O–H groups in total. The summed E-state index contributed by atoms with van der Waals surface area (Å²) in [6.07, 6.45) is 7.08. The van der Waals surface area contributed by atoms with Gasteiger partial charge in [-0.25, -0.2) is 14.8 Å². The first-order valence-corrected chi connectivity index (χ1v) is 8.36. The zero-order chi connectivity index (χ0) is 16.8. The first-order valence-electron chi connectivity index (χ1n) is 8.36. The highest BCUT2D eigenvalue weighted by Gasteiger charge is 2.24. The van der Waals surface area contributed by atoms with Crippen LogP contribution in [0.1, 0.15) is 25.5 Å². The number of piperidine rings is 1. The summed E-state index contributed by atoms with van der Waals surface area (Å²) in [5.41, 5.74) is 0. The molecule has 0 aliphatic carbocycles. The molecule has 7 nitrogen and oxygen atoms in total. The van der Waals surface area contributed by atoms with Crippen LogP contribution in [-0.2, 0) is 6.54 Å². The SMILES string of the molecule is CCN(Cc1ccco1)C(=O)N[C@@H]1CCCN(c2ncccn2)C1. The maximum absolute atomic E-state index is 12.5. The molecule has 24 heavy (non-hydrogen) atoms. The Morgan fingerprint density at radius 2 is 2.25 bits per heavy atom. The molecule has 0 unspecified atom stereocenters. The van der Waals surface area contributed by atoms with Crippen LogP contribution in [0.15, 0.2) is 41.3 Å². The Morgan fingerprint density at radius 3 is 2.96 bits per heavy atom. The second-order valence-corrected chi connectivity index (χ2v) is 5.88. The highest BCUT2D eigenvalue weighted by atomic mass is 16.3. The van der Waals surface area contributed by atoms with Gasteiger partial charge in [0.15, 0.2) is 0 Å². The van der Waals surface area contributed by atoms with Crippen molar-refractivity contribution < 1.29 is 9.21 Å². The van der Waals surface area contributed by atoms with Crippen LogP contribution < -0.4 is 10.2 Å². The fourth-order valence-electron chi connectivity index (χ4n) is 2.91. The van der Waals surface area contributed by atoms with E-state index in [4.69, 9.17) is 4.42 Å². The van der Waals surface area contributed by atoms with Gasteiger partial charge in [0.2, 0.25) is 5.95 Å². The predicted molar refractivity (Wildman–Crippen MR) is 90.6 cm³/mol. The van der Waals surface area contributed by atoms with Crippen molar-refractivity contribution in [3.05, 3.63) is 42.6 Å². The highest BCUT2D eigenvalue weighted by Crippen LogP contribution is 2.15. The third-order valence-electron chi connectivity index (χ3n) is 4.18. The lowest BCUT2D eigenvalue weighted by Gasteiger charge is -2.34. The largest absolute Gasteiger partial charge is 0.467 e. The van der Waals surface area contributed by atoms with Crippen molar-refractivity contribution in [1.82, 2.24) is 20.2 Å². The predicted octanol–water partition coefficient (Wildman–Crippen LogP) is 2.27. The van der Waals surface area contributed by atoms with Gasteiger partial charge in [-0.15, -0.1) is 0 Å². The number of carbonyl (C=O) groups excluding carboxylic acids is 1. The van der Waals surface area contributed by atoms with Gasteiger partial charge in [-0.1, -0.05) is 0 Å². The topological polar surface area (TPSA) is 74.5 Å². The van der Waals surface area contributed by atoms with E-state index < -0.39 is 0 Å². The molecule has 1 atom stereocenters. The summed E-state index contributed by atoms with van der Waals surface area (Å²) in [6, 6.07) is 5.56. The van der Waals surface area contributed by atoms with E-state index in [1.54, 1.807) is 29.6 Å². The molecule has 0 aromatic carbocycles. The Hall–Kier alpha value is -2.57. The number of nitrogens with one attached hydrogen (secondary N) is 1. The number of aromatic nitrogens is 2. The Morgan fingerprint density at radius 1 is 1.42 bits per heavy atom. The first kappa shape index (κ1) is 16.3. The lowest BCUT2D eigenvalue weighted by molar-refractivity contribution is 0.188. The Kier molecular flexibility index (Phi) is 5.30. The van der Waals surface area contributed by atoms with Gasteiger partial charge >= 0.3 is 6.03 Å². The van der Waals surface area contributed by atoms with E-state index in [2.05, 4.69) is 20.2 Å². The number of nitrogens with zero attached hydrogens (tertiary/aromatic N) is 4. The molecule has 1 fully saturated rings. The summed E-state index contributed by atoms with van der Waals surface area (Å²) in [4.78, 5) is 25.0. The molecule has 1 saturated heterocycles. The second kappa shape index (κ2) is 7.81. The number of carbonyl (C=O) groups is 1.